The number of halogens is 1. The maximum atomic E-state index is 12.7. The van der Waals surface area contributed by atoms with E-state index in [9.17, 15) is 13.2 Å². The number of carboxylic acid groups (broad SMARTS) is 1. The van der Waals surface area contributed by atoms with Gasteiger partial charge in [0.05, 0.1) is 17.4 Å². The van der Waals surface area contributed by atoms with Crippen LogP contribution in [0.1, 0.15) is 18.4 Å². The zero-order valence-electron chi connectivity index (χ0n) is 12.2. The molecule has 22 heavy (non-hydrogen) atoms. The highest BCUT2D eigenvalue weighted by molar-refractivity contribution is 7.89. The fraction of sp³-hybridized carbons (Fsp3) is 0.500. The van der Waals surface area contributed by atoms with Crippen molar-refractivity contribution in [1.29, 1.82) is 0 Å². The van der Waals surface area contributed by atoms with Crippen LogP contribution in [0.5, 0.6) is 0 Å². The molecule has 0 spiro atoms. The molecule has 0 bridgehead atoms. The Balaban J connectivity index is 2.22. The van der Waals surface area contributed by atoms with Crippen molar-refractivity contribution in [2.45, 2.75) is 24.3 Å². The van der Waals surface area contributed by atoms with Crippen LogP contribution in [0.2, 0.25) is 5.02 Å². The minimum Gasteiger partial charge on any atom is -0.481 e. The van der Waals surface area contributed by atoms with Crippen LogP contribution in [0.4, 0.5) is 0 Å². The molecule has 1 heterocycles. The van der Waals surface area contributed by atoms with Gasteiger partial charge >= 0.3 is 5.97 Å². The van der Waals surface area contributed by atoms with Gasteiger partial charge in [-0.15, -0.1) is 0 Å². The summed E-state index contributed by atoms with van der Waals surface area (Å²) in [5.41, 5.74) is 0.675. The molecule has 1 aliphatic rings. The lowest BCUT2D eigenvalue weighted by molar-refractivity contribution is -0.142. The Morgan fingerprint density at radius 2 is 2.00 bits per heavy atom. The second-order valence-electron chi connectivity index (χ2n) is 5.24. The number of piperidine rings is 1. The van der Waals surface area contributed by atoms with Crippen molar-refractivity contribution < 1.29 is 23.1 Å². The Kier molecular flexibility index (Phi) is 5.44. The molecule has 0 saturated carbocycles. The van der Waals surface area contributed by atoms with Crippen molar-refractivity contribution >= 4 is 27.6 Å². The number of benzene rings is 1. The quantitative estimate of drug-likeness (QED) is 0.880. The number of methoxy groups -OCH3 is 1. The first kappa shape index (κ1) is 17.2. The van der Waals surface area contributed by atoms with Gasteiger partial charge in [-0.1, -0.05) is 11.6 Å². The molecular weight excluding hydrogens is 330 g/mol. The van der Waals surface area contributed by atoms with Crippen molar-refractivity contribution in [2.24, 2.45) is 5.92 Å². The van der Waals surface area contributed by atoms with Crippen LogP contribution in [0.3, 0.4) is 0 Å². The summed E-state index contributed by atoms with van der Waals surface area (Å²) in [6, 6.07) is 4.59. The highest BCUT2D eigenvalue weighted by Gasteiger charge is 2.32. The third-order valence-corrected chi connectivity index (χ3v) is 5.78. The largest absolute Gasteiger partial charge is 0.481 e. The van der Waals surface area contributed by atoms with E-state index in [0.29, 0.717) is 23.4 Å². The van der Waals surface area contributed by atoms with E-state index in [0.717, 1.165) is 0 Å². The minimum absolute atomic E-state index is 0.112. The molecule has 0 aromatic heterocycles. The normalized spacial score (nSPS) is 17.5. The van der Waals surface area contributed by atoms with Crippen LogP contribution >= 0.6 is 11.6 Å². The molecule has 2 rings (SSSR count). The van der Waals surface area contributed by atoms with Crippen LogP contribution in [0, 0.1) is 5.92 Å². The van der Waals surface area contributed by atoms with E-state index >= 15 is 0 Å². The molecule has 1 N–H and O–H groups in total. The predicted molar refractivity (Wildman–Crippen MR) is 81.3 cm³/mol. The molecule has 8 heteroatoms. The number of aliphatic carboxylic acids is 1. The van der Waals surface area contributed by atoms with Gasteiger partial charge in [0.15, 0.2) is 0 Å². The van der Waals surface area contributed by atoms with Gasteiger partial charge in [0.1, 0.15) is 0 Å². The molecule has 122 valence electrons. The van der Waals surface area contributed by atoms with Crippen LogP contribution < -0.4 is 0 Å². The first-order valence-electron chi connectivity index (χ1n) is 6.86. The third-order valence-electron chi connectivity index (χ3n) is 3.68. The predicted octanol–water partition coefficient (Wildman–Crippen LogP) is 1.97. The lowest BCUT2D eigenvalue weighted by Gasteiger charge is -2.29. The van der Waals surface area contributed by atoms with Crippen LogP contribution in [-0.4, -0.2) is 44.0 Å². The Morgan fingerprint density at radius 3 is 2.55 bits per heavy atom. The highest BCUT2D eigenvalue weighted by Crippen LogP contribution is 2.26. The van der Waals surface area contributed by atoms with E-state index in [-0.39, 0.29) is 24.6 Å². The Morgan fingerprint density at radius 1 is 1.36 bits per heavy atom. The summed E-state index contributed by atoms with van der Waals surface area (Å²) in [5, 5.41) is 9.30. The second-order valence-corrected chi connectivity index (χ2v) is 7.62. The summed E-state index contributed by atoms with van der Waals surface area (Å²) < 4.78 is 31.6. The van der Waals surface area contributed by atoms with Crippen molar-refractivity contribution in [3.8, 4) is 0 Å². The van der Waals surface area contributed by atoms with Crippen LogP contribution in [0.15, 0.2) is 23.1 Å². The van der Waals surface area contributed by atoms with Gasteiger partial charge < -0.3 is 9.84 Å². The van der Waals surface area contributed by atoms with E-state index in [1.165, 1.54) is 23.5 Å². The zero-order chi connectivity index (χ0) is 16.3. The van der Waals surface area contributed by atoms with Crippen LogP contribution in [0.25, 0.3) is 0 Å². The molecule has 0 aliphatic carbocycles. The van der Waals surface area contributed by atoms with Gasteiger partial charge in [-0.2, -0.15) is 4.31 Å². The monoisotopic (exact) mass is 347 g/mol. The number of ether oxygens (including phenoxy) is 1. The number of hydrogen-bond acceptors (Lipinski definition) is 4. The van der Waals surface area contributed by atoms with Crippen molar-refractivity contribution in [1.82, 2.24) is 4.31 Å². The molecule has 0 amide bonds. The van der Waals surface area contributed by atoms with Crippen molar-refractivity contribution in [2.75, 3.05) is 20.2 Å². The van der Waals surface area contributed by atoms with Crippen molar-refractivity contribution in [3.05, 3.63) is 28.8 Å². The standard InChI is InChI=1S/C14H18ClNO5S/c1-21-9-10-6-12(15)8-13(7-10)22(19,20)16-4-2-11(3-5-16)14(17)18/h6-8,11H,2-5,9H2,1H3,(H,17,18). The smallest absolute Gasteiger partial charge is 0.306 e. The van der Waals surface area contributed by atoms with Crippen LogP contribution in [-0.2, 0) is 26.2 Å². The maximum Gasteiger partial charge on any atom is 0.306 e. The lowest BCUT2D eigenvalue weighted by Crippen LogP contribution is -2.40. The number of hydrogen-bond donors (Lipinski definition) is 1. The average molecular weight is 348 g/mol. The summed E-state index contributed by atoms with van der Waals surface area (Å²) in [6.07, 6.45) is 0.639. The van der Waals surface area contributed by atoms with E-state index < -0.39 is 21.9 Å². The molecule has 0 unspecified atom stereocenters. The van der Waals surface area contributed by atoms with Gasteiger partial charge in [0.25, 0.3) is 0 Å². The van der Waals surface area contributed by atoms with Gasteiger partial charge in [-0.3, -0.25) is 4.79 Å². The number of rotatable bonds is 5. The molecule has 6 nitrogen and oxygen atoms in total. The fourth-order valence-corrected chi connectivity index (χ4v) is 4.40. The van der Waals surface area contributed by atoms with E-state index in [1.54, 1.807) is 6.07 Å². The molecule has 1 aromatic carbocycles. The highest BCUT2D eigenvalue weighted by atomic mass is 35.5. The van der Waals surface area contributed by atoms with Gasteiger partial charge in [-0.25, -0.2) is 8.42 Å². The maximum absolute atomic E-state index is 12.7. The summed E-state index contributed by atoms with van der Waals surface area (Å²) in [4.78, 5) is 11.1. The summed E-state index contributed by atoms with van der Waals surface area (Å²) in [5.74, 6) is -1.35. The SMILES string of the molecule is COCc1cc(Cl)cc(S(=O)(=O)N2CCC(C(=O)O)CC2)c1. The molecule has 1 aromatic rings. The van der Waals surface area contributed by atoms with E-state index in [1.807, 2.05) is 0 Å². The zero-order valence-corrected chi connectivity index (χ0v) is 13.7. The third kappa shape index (κ3) is 3.78. The number of sulfonamides is 1. The summed E-state index contributed by atoms with van der Waals surface area (Å²) >= 11 is 5.98. The fourth-order valence-electron chi connectivity index (χ4n) is 2.51. The van der Waals surface area contributed by atoms with E-state index in [2.05, 4.69) is 0 Å². The topological polar surface area (TPSA) is 83.9 Å². The van der Waals surface area contributed by atoms with E-state index in [4.69, 9.17) is 21.4 Å². The van der Waals surface area contributed by atoms with Gasteiger partial charge in [-0.05, 0) is 36.6 Å². The minimum atomic E-state index is -3.67. The number of nitrogens with zero attached hydrogens (tertiary/aromatic N) is 1. The molecule has 0 radical (unpaired) electrons. The molecule has 1 saturated heterocycles. The summed E-state index contributed by atoms with van der Waals surface area (Å²) in [7, 11) is -2.15. The first-order valence-corrected chi connectivity index (χ1v) is 8.67. The second kappa shape index (κ2) is 6.95. The Hall–Kier alpha value is -1.15. The molecule has 0 atom stereocenters. The Bertz CT molecular complexity index is 653. The lowest BCUT2D eigenvalue weighted by atomic mass is 9.99. The van der Waals surface area contributed by atoms with Gasteiger partial charge in [0, 0.05) is 25.2 Å². The average Bonchev–Trinajstić information content (AvgIpc) is 2.47. The molecular formula is C14H18ClNO5S. The first-order chi connectivity index (χ1) is 10.3. The Labute approximate surface area is 134 Å². The number of carboxylic acids is 1. The molecule has 1 aliphatic heterocycles. The summed E-state index contributed by atoms with van der Waals surface area (Å²) in [6.45, 7) is 0.668. The van der Waals surface area contributed by atoms with Crippen molar-refractivity contribution in [3.63, 3.8) is 0 Å². The number of carbonyl (C=O) groups is 1. The molecule has 1 fully saturated rings. The van der Waals surface area contributed by atoms with Gasteiger partial charge in [0.2, 0.25) is 10.0 Å².